The van der Waals surface area contributed by atoms with Crippen LogP contribution in [0.25, 0.3) is 0 Å². The number of hydrogen-bond acceptors (Lipinski definition) is 2. The maximum Gasteiger partial charge on any atom is 0.257 e. The minimum atomic E-state index is 0.0940. The Kier molecular flexibility index (Phi) is 2.50. The van der Waals surface area contributed by atoms with Gasteiger partial charge in [0, 0.05) is 19.3 Å². The van der Waals surface area contributed by atoms with Gasteiger partial charge in [-0.15, -0.1) is 0 Å². The van der Waals surface area contributed by atoms with Crippen LogP contribution in [-0.4, -0.2) is 34.1 Å². The Morgan fingerprint density at radius 2 is 2.40 bits per heavy atom. The second-order valence-electron chi connectivity index (χ2n) is 4.98. The summed E-state index contributed by atoms with van der Waals surface area (Å²) < 4.78 is 0. The molecular weight excluding hydrogens is 190 g/mol. The summed E-state index contributed by atoms with van der Waals surface area (Å²) in [4.78, 5) is 13.9. The van der Waals surface area contributed by atoms with Crippen molar-refractivity contribution < 1.29 is 4.79 Å². The van der Waals surface area contributed by atoms with E-state index in [-0.39, 0.29) is 11.3 Å². The SMILES string of the molecule is CC1(C)CCCN(C(=O)c2cn[nH]c2)C1. The molecule has 1 saturated heterocycles. The maximum atomic E-state index is 12.0. The Hall–Kier alpha value is -1.32. The zero-order valence-corrected chi connectivity index (χ0v) is 9.29. The van der Waals surface area contributed by atoms with Gasteiger partial charge in [0.15, 0.2) is 0 Å². The van der Waals surface area contributed by atoms with Gasteiger partial charge in [0.25, 0.3) is 5.91 Å². The summed E-state index contributed by atoms with van der Waals surface area (Å²) in [5.41, 5.74) is 0.908. The van der Waals surface area contributed by atoms with Gasteiger partial charge in [0.05, 0.1) is 11.8 Å². The number of nitrogens with zero attached hydrogens (tertiary/aromatic N) is 2. The highest BCUT2D eigenvalue weighted by atomic mass is 16.2. The number of hydrogen-bond donors (Lipinski definition) is 1. The van der Waals surface area contributed by atoms with E-state index in [9.17, 15) is 4.79 Å². The van der Waals surface area contributed by atoms with Crippen LogP contribution in [0.2, 0.25) is 0 Å². The average Bonchev–Trinajstić information content (AvgIpc) is 2.67. The molecule has 1 amide bonds. The molecule has 4 nitrogen and oxygen atoms in total. The van der Waals surface area contributed by atoms with Crippen LogP contribution in [0.4, 0.5) is 0 Å². The Morgan fingerprint density at radius 3 is 3.00 bits per heavy atom. The summed E-state index contributed by atoms with van der Waals surface area (Å²) in [6.07, 6.45) is 5.53. The first-order chi connectivity index (χ1) is 7.08. The molecule has 0 radical (unpaired) electrons. The highest BCUT2D eigenvalue weighted by Crippen LogP contribution is 2.28. The van der Waals surface area contributed by atoms with Crippen LogP contribution in [0.1, 0.15) is 37.0 Å². The molecular formula is C11H17N3O. The number of rotatable bonds is 1. The quantitative estimate of drug-likeness (QED) is 0.761. The van der Waals surface area contributed by atoms with Crippen molar-refractivity contribution in [3.63, 3.8) is 0 Å². The highest BCUT2D eigenvalue weighted by Gasteiger charge is 2.29. The van der Waals surface area contributed by atoms with E-state index in [0.717, 1.165) is 19.5 Å². The molecule has 2 heterocycles. The van der Waals surface area contributed by atoms with Crippen LogP contribution >= 0.6 is 0 Å². The highest BCUT2D eigenvalue weighted by molar-refractivity contribution is 5.93. The van der Waals surface area contributed by atoms with Crippen molar-refractivity contribution in [1.82, 2.24) is 15.1 Å². The number of aromatic nitrogens is 2. The molecule has 2 rings (SSSR count). The van der Waals surface area contributed by atoms with E-state index in [1.807, 2.05) is 4.90 Å². The maximum absolute atomic E-state index is 12.0. The van der Waals surface area contributed by atoms with Crippen molar-refractivity contribution in [1.29, 1.82) is 0 Å². The predicted molar refractivity (Wildman–Crippen MR) is 57.5 cm³/mol. The standard InChI is InChI=1S/C11H17N3O/c1-11(2)4-3-5-14(8-11)10(15)9-6-12-13-7-9/h6-7H,3-5,8H2,1-2H3,(H,12,13). The molecule has 0 atom stereocenters. The summed E-state index contributed by atoms with van der Waals surface area (Å²) in [5.74, 6) is 0.0940. The number of nitrogens with one attached hydrogen (secondary N) is 1. The summed E-state index contributed by atoms with van der Waals surface area (Å²) in [6, 6.07) is 0. The monoisotopic (exact) mass is 207 g/mol. The van der Waals surface area contributed by atoms with Crippen LogP contribution in [0.5, 0.6) is 0 Å². The fourth-order valence-corrected chi connectivity index (χ4v) is 2.15. The molecule has 0 aromatic carbocycles. The van der Waals surface area contributed by atoms with Crippen LogP contribution in [0, 0.1) is 5.41 Å². The smallest absolute Gasteiger partial charge is 0.257 e. The lowest BCUT2D eigenvalue weighted by molar-refractivity contribution is 0.0583. The molecule has 1 fully saturated rings. The van der Waals surface area contributed by atoms with Gasteiger partial charge in [-0.2, -0.15) is 5.10 Å². The topological polar surface area (TPSA) is 49.0 Å². The van der Waals surface area contributed by atoms with Gasteiger partial charge in [0.1, 0.15) is 0 Å². The zero-order valence-electron chi connectivity index (χ0n) is 9.29. The zero-order chi connectivity index (χ0) is 10.9. The Balaban J connectivity index is 2.08. The van der Waals surface area contributed by atoms with Gasteiger partial charge in [-0.1, -0.05) is 13.8 Å². The van der Waals surface area contributed by atoms with Crippen LogP contribution in [0.3, 0.4) is 0 Å². The molecule has 1 aromatic heterocycles. The first-order valence-electron chi connectivity index (χ1n) is 5.37. The minimum absolute atomic E-state index is 0.0940. The minimum Gasteiger partial charge on any atom is -0.338 e. The van der Waals surface area contributed by atoms with Crippen LogP contribution < -0.4 is 0 Å². The molecule has 0 bridgehead atoms. The molecule has 1 N–H and O–H groups in total. The van der Waals surface area contributed by atoms with E-state index in [1.165, 1.54) is 6.42 Å². The number of carbonyl (C=O) groups excluding carboxylic acids is 1. The first-order valence-corrected chi connectivity index (χ1v) is 5.37. The lowest BCUT2D eigenvalue weighted by Gasteiger charge is -2.37. The molecule has 4 heteroatoms. The second-order valence-corrected chi connectivity index (χ2v) is 4.98. The molecule has 0 spiro atoms. The van der Waals surface area contributed by atoms with Crippen molar-refractivity contribution in [3.8, 4) is 0 Å². The summed E-state index contributed by atoms with van der Waals surface area (Å²) in [7, 11) is 0. The lowest BCUT2D eigenvalue weighted by atomic mass is 9.84. The van der Waals surface area contributed by atoms with E-state index < -0.39 is 0 Å². The Bertz CT molecular complexity index is 343. The third kappa shape index (κ3) is 2.19. The fraction of sp³-hybridized carbons (Fsp3) is 0.636. The fourth-order valence-electron chi connectivity index (χ4n) is 2.15. The van der Waals surface area contributed by atoms with Crippen LogP contribution in [-0.2, 0) is 0 Å². The van der Waals surface area contributed by atoms with Gasteiger partial charge in [0.2, 0.25) is 0 Å². The van der Waals surface area contributed by atoms with Gasteiger partial charge < -0.3 is 4.90 Å². The van der Waals surface area contributed by atoms with Crippen molar-refractivity contribution >= 4 is 5.91 Å². The van der Waals surface area contributed by atoms with Gasteiger partial charge >= 0.3 is 0 Å². The molecule has 1 aromatic rings. The number of piperidine rings is 1. The largest absolute Gasteiger partial charge is 0.338 e. The van der Waals surface area contributed by atoms with Crippen molar-refractivity contribution in [2.75, 3.05) is 13.1 Å². The lowest BCUT2D eigenvalue weighted by Crippen LogP contribution is -2.43. The molecule has 0 saturated carbocycles. The number of amides is 1. The predicted octanol–water partition coefficient (Wildman–Crippen LogP) is 1.67. The molecule has 82 valence electrons. The Labute approximate surface area is 89.7 Å². The molecule has 1 aliphatic heterocycles. The first kappa shape index (κ1) is 10.2. The molecule has 15 heavy (non-hydrogen) atoms. The molecule has 1 aliphatic rings. The summed E-state index contributed by atoms with van der Waals surface area (Å²) >= 11 is 0. The third-order valence-corrected chi connectivity index (χ3v) is 2.93. The van der Waals surface area contributed by atoms with Crippen molar-refractivity contribution in [2.24, 2.45) is 5.41 Å². The van der Waals surface area contributed by atoms with E-state index in [4.69, 9.17) is 0 Å². The van der Waals surface area contributed by atoms with E-state index >= 15 is 0 Å². The normalized spacial score (nSPS) is 20.3. The molecule has 0 unspecified atom stereocenters. The van der Waals surface area contributed by atoms with Crippen molar-refractivity contribution in [2.45, 2.75) is 26.7 Å². The molecule has 0 aliphatic carbocycles. The number of likely N-dealkylation sites (tertiary alicyclic amines) is 1. The summed E-state index contributed by atoms with van der Waals surface area (Å²) in [6.45, 7) is 6.13. The van der Waals surface area contributed by atoms with E-state index in [2.05, 4.69) is 24.0 Å². The number of H-pyrrole nitrogens is 1. The Morgan fingerprint density at radius 1 is 1.60 bits per heavy atom. The second kappa shape index (κ2) is 3.68. The van der Waals surface area contributed by atoms with Crippen molar-refractivity contribution in [3.05, 3.63) is 18.0 Å². The van der Waals surface area contributed by atoms with Gasteiger partial charge in [-0.25, -0.2) is 0 Å². The average molecular weight is 207 g/mol. The van der Waals surface area contributed by atoms with E-state index in [1.54, 1.807) is 12.4 Å². The van der Waals surface area contributed by atoms with Gasteiger partial charge in [-0.05, 0) is 18.3 Å². The van der Waals surface area contributed by atoms with Crippen LogP contribution in [0.15, 0.2) is 12.4 Å². The van der Waals surface area contributed by atoms with E-state index in [0.29, 0.717) is 5.56 Å². The number of aromatic amines is 1. The summed E-state index contributed by atoms with van der Waals surface area (Å²) in [5, 5.41) is 6.47. The van der Waals surface area contributed by atoms with Gasteiger partial charge in [-0.3, -0.25) is 9.89 Å². The number of carbonyl (C=O) groups is 1. The third-order valence-electron chi connectivity index (χ3n) is 2.93.